The van der Waals surface area contributed by atoms with E-state index in [9.17, 15) is 9.59 Å². The first-order valence-electron chi connectivity index (χ1n) is 11.6. The van der Waals surface area contributed by atoms with E-state index in [-0.39, 0.29) is 22.9 Å². The third-order valence-corrected chi connectivity index (χ3v) is 6.32. The van der Waals surface area contributed by atoms with Gasteiger partial charge in [0, 0.05) is 16.0 Å². The Balaban J connectivity index is 1.33. The van der Waals surface area contributed by atoms with E-state index in [1.165, 1.54) is 18.3 Å². The Morgan fingerprint density at radius 1 is 0.789 bits per heavy atom. The Bertz CT molecular complexity index is 1700. The molecular formula is C30H20Cl2N2O4. The van der Waals surface area contributed by atoms with E-state index >= 15 is 0 Å². The SMILES string of the molecule is O=C(COc1cccc2ccccc12)NN=Cc1c(OC(=O)c2ccc(Cl)cc2Cl)ccc2ccccc12. The van der Waals surface area contributed by atoms with Gasteiger partial charge < -0.3 is 9.47 Å². The van der Waals surface area contributed by atoms with E-state index in [0.717, 1.165) is 21.5 Å². The summed E-state index contributed by atoms with van der Waals surface area (Å²) in [6, 6.07) is 29.0. The monoisotopic (exact) mass is 542 g/mol. The third kappa shape index (κ3) is 5.62. The summed E-state index contributed by atoms with van der Waals surface area (Å²) in [5, 5.41) is 8.30. The molecule has 0 saturated carbocycles. The largest absolute Gasteiger partial charge is 0.483 e. The molecule has 0 fully saturated rings. The van der Waals surface area contributed by atoms with Crippen molar-refractivity contribution in [3.8, 4) is 11.5 Å². The van der Waals surface area contributed by atoms with Gasteiger partial charge in [-0.3, -0.25) is 4.79 Å². The molecular weight excluding hydrogens is 523 g/mol. The van der Waals surface area contributed by atoms with Gasteiger partial charge in [0.1, 0.15) is 11.5 Å². The van der Waals surface area contributed by atoms with Crippen LogP contribution in [0.5, 0.6) is 11.5 Å². The minimum absolute atomic E-state index is 0.172. The fraction of sp³-hybridized carbons (Fsp3) is 0.0333. The van der Waals surface area contributed by atoms with Crippen LogP contribution in [0.2, 0.25) is 10.0 Å². The van der Waals surface area contributed by atoms with Crippen molar-refractivity contribution in [3.05, 3.63) is 118 Å². The van der Waals surface area contributed by atoms with Gasteiger partial charge in [0.2, 0.25) is 0 Å². The normalized spacial score (nSPS) is 11.1. The van der Waals surface area contributed by atoms with Crippen molar-refractivity contribution < 1.29 is 19.1 Å². The molecule has 5 aromatic rings. The second kappa shape index (κ2) is 11.3. The van der Waals surface area contributed by atoms with Crippen LogP contribution in [-0.4, -0.2) is 24.7 Å². The highest BCUT2D eigenvalue weighted by atomic mass is 35.5. The molecule has 0 atom stereocenters. The summed E-state index contributed by atoms with van der Waals surface area (Å²) in [5.41, 5.74) is 3.15. The Hall–Kier alpha value is -4.39. The number of carbonyl (C=O) groups excluding carboxylic acids is 2. The number of esters is 1. The summed E-state index contributed by atoms with van der Waals surface area (Å²) in [6.45, 7) is -0.224. The number of amides is 1. The number of nitrogens with zero attached hydrogens (tertiary/aromatic N) is 1. The molecule has 8 heteroatoms. The maximum atomic E-state index is 12.8. The zero-order valence-electron chi connectivity index (χ0n) is 19.9. The quantitative estimate of drug-likeness (QED) is 0.103. The smallest absolute Gasteiger partial charge is 0.345 e. The first-order valence-corrected chi connectivity index (χ1v) is 12.4. The molecule has 0 spiro atoms. The Morgan fingerprint density at radius 2 is 1.50 bits per heavy atom. The fourth-order valence-corrected chi connectivity index (χ4v) is 4.46. The maximum Gasteiger partial charge on any atom is 0.345 e. The summed E-state index contributed by atoms with van der Waals surface area (Å²) in [4.78, 5) is 25.3. The molecule has 1 N–H and O–H groups in total. The Labute approximate surface area is 228 Å². The van der Waals surface area contributed by atoms with E-state index in [2.05, 4.69) is 10.5 Å². The van der Waals surface area contributed by atoms with E-state index < -0.39 is 11.9 Å². The number of halogens is 2. The summed E-state index contributed by atoms with van der Waals surface area (Å²) in [5.74, 6) is -0.235. The van der Waals surface area contributed by atoms with Crippen molar-refractivity contribution in [2.24, 2.45) is 5.10 Å². The molecule has 0 aromatic heterocycles. The molecule has 1 amide bonds. The van der Waals surface area contributed by atoms with Crippen molar-refractivity contribution in [2.45, 2.75) is 0 Å². The van der Waals surface area contributed by atoms with Gasteiger partial charge in [-0.05, 0) is 46.5 Å². The molecule has 188 valence electrons. The summed E-state index contributed by atoms with van der Waals surface area (Å²) in [7, 11) is 0. The molecule has 0 bridgehead atoms. The number of hydrogen-bond donors (Lipinski definition) is 1. The summed E-state index contributed by atoms with van der Waals surface area (Å²) >= 11 is 12.1. The van der Waals surface area contributed by atoms with Gasteiger partial charge in [0.25, 0.3) is 5.91 Å². The van der Waals surface area contributed by atoms with Gasteiger partial charge in [-0.1, -0.05) is 89.9 Å². The van der Waals surface area contributed by atoms with Crippen LogP contribution in [0.25, 0.3) is 21.5 Å². The van der Waals surface area contributed by atoms with Crippen molar-refractivity contribution in [2.75, 3.05) is 6.61 Å². The lowest BCUT2D eigenvalue weighted by molar-refractivity contribution is -0.123. The number of nitrogens with one attached hydrogen (secondary N) is 1. The van der Waals surface area contributed by atoms with Gasteiger partial charge in [0.15, 0.2) is 6.61 Å². The highest BCUT2D eigenvalue weighted by Gasteiger charge is 2.16. The van der Waals surface area contributed by atoms with Crippen LogP contribution in [0.3, 0.4) is 0 Å². The second-order valence-corrected chi connectivity index (χ2v) is 9.11. The van der Waals surface area contributed by atoms with E-state index in [0.29, 0.717) is 16.3 Å². The van der Waals surface area contributed by atoms with E-state index in [4.69, 9.17) is 32.7 Å². The van der Waals surface area contributed by atoms with Crippen LogP contribution in [0.1, 0.15) is 15.9 Å². The van der Waals surface area contributed by atoms with Crippen molar-refractivity contribution >= 4 is 62.8 Å². The molecule has 0 saturated heterocycles. The van der Waals surface area contributed by atoms with Gasteiger partial charge in [-0.2, -0.15) is 5.10 Å². The number of rotatable bonds is 7. The van der Waals surface area contributed by atoms with Gasteiger partial charge in [0.05, 0.1) is 16.8 Å². The van der Waals surface area contributed by atoms with Crippen LogP contribution in [0.4, 0.5) is 0 Å². The number of fused-ring (bicyclic) bond motifs is 2. The van der Waals surface area contributed by atoms with Crippen LogP contribution in [0, 0.1) is 0 Å². The predicted octanol–water partition coefficient (Wildman–Crippen LogP) is 7.05. The molecule has 0 aliphatic heterocycles. The van der Waals surface area contributed by atoms with Gasteiger partial charge in [-0.25, -0.2) is 10.2 Å². The number of hydrazone groups is 1. The van der Waals surface area contributed by atoms with E-state index in [1.807, 2.05) is 72.8 Å². The molecule has 5 rings (SSSR count). The molecule has 0 radical (unpaired) electrons. The van der Waals surface area contributed by atoms with Crippen molar-refractivity contribution in [1.82, 2.24) is 5.43 Å². The molecule has 0 unspecified atom stereocenters. The standard InChI is InChI=1S/C30H20Cl2N2O4/c31-21-13-14-24(26(32)16-21)30(36)38-28-15-12-20-7-1-3-9-22(20)25(28)17-33-34-29(35)18-37-27-11-5-8-19-6-2-4-10-23(19)27/h1-17H,18H2,(H,34,35). The fourth-order valence-electron chi connectivity index (χ4n) is 3.97. The number of benzene rings is 5. The first-order chi connectivity index (χ1) is 18.5. The van der Waals surface area contributed by atoms with Crippen LogP contribution >= 0.6 is 23.2 Å². The molecule has 38 heavy (non-hydrogen) atoms. The molecule has 5 aromatic carbocycles. The van der Waals surface area contributed by atoms with Crippen LogP contribution in [-0.2, 0) is 4.79 Å². The molecule has 0 heterocycles. The summed E-state index contributed by atoms with van der Waals surface area (Å²) in [6.07, 6.45) is 1.43. The van der Waals surface area contributed by atoms with Crippen LogP contribution in [0.15, 0.2) is 102 Å². The lowest BCUT2D eigenvalue weighted by Crippen LogP contribution is -2.24. The average molecular weight is 543 g/mol. The molecule has 6 nitrogen and oxygen atoms in total. The predicted molar refractivity (Wildman–Crippen MR) is 151 cm³/mol. The first kappa shape index (κ1) is 25.3. The zero-order chi connectivity index (χ0) is 26.5. The highest BCUT2D eigenvalue weighted by molar-refractivity contribution is 6.36. The lowest BCUT2D eigenvalue weighted by atomic mass is 10.0. The van der Waals surface area contributed by atoms with Gasteiger partial charge in [-0.15, -0.1) is 0 Å². The lowest BCUT2D eigenvalue weighted by Gasteiger charge is -2.11. The third-order valence-electron chi connectivity index (χ3n) is 5.78. The average Bonchev–Trinajstić information content (AvgIpc) is 2.92. The second-order valence-electron chi connectivity index (χ2n) is 8.27. The van der Waals surface area contributed by atoms with Crippen LogP contribution < -0.4 is 14.9 Å². The number of ether oxygens (including phenoxy) is 2. The minimum Gasteiger partial charge on any atom is -0.483 e. The highest BCUT2D eigenvalue weighted by Crippen LogP contribution is 2.29. The van der Waals surface area contributed by atoms with Gasteiger partial charge >= 0.3 is 5.97 Å². The minimum atomic E-state index is -0.649. The zero-order valence-corrected chi connectivity index (χ0v) is 21.4. The maximum absolute atomic E-state index is 12.8. The number of hydrogen-bond acceptors (Lipinski definition) is 5. The number of carbonyl (C=O) groups is 2. The van der Waals surface area contributed by atoms with Crippen molar-refractivity contribution in [3.63, 3.8) is 0 Å². The Kier molecular flexibility index (Phi) is 7.54. The van der Waals surface area contributed by atoms with Crippen molar-refractivity contribution in [1.29, 1.82) is 0 Å². The Morgan fingerprint density at radius 3 is 2.29 bits per heavy atom. The molecule has 0 aliphatic carbocycles. The van der Waals surface area contributed by atoms with E-state index in [1.54, 1.807) is 12.1 Å². The topological polar surface area (TPSA) is 77.0 Å². The molecule has 0 aliphatic rings. The summed E-state index contributed by atoms with van der Waals surface area (Å²) < 4.78 is 11.4.